The summed E-state index contributed by atoms with van der Waals surface area (Å²) in [7, 11) is -0.693. The van der Waals surface area contributed by atoms with Crippen LogP contribution in [0.3, 0.4) is 0 Å². The van der Waals surface area contributed by atoms with Gasteiger partial charge < -0.3 is 0 Å². The van der Waals surface area contributed by atoms with Gasteiger partial charge in [0.25, 0.3) is 0 Å². The zero-order chi connectivity index (χ0) is 9.23. The van der Waals surface area contributed by atoms with Gasteiger partial charge in [-0.2, -0.15) is 0 Å². The summed E-state index contributed by atoms with van der Waals surface area (Å²) in [6, 6.07) is 0. The SMILES string of the molecule is C=CCSCS(=O)CSCC=C. The Labute approximate surface area is 85.5 Å². The van der Waals surface area contributed by atoms with E-state index < -0.39 is 10.8 Å². The molecule has 4 heteroatoms. The maximum Gasteiger partial charge on any atom is 0.0703 e. The third-order valence-electron chi connectivity index (χ3n) is 0.901. The van der Waals surface area contributed by atoms with Gasteiger partial charge in [0, 0.05) is 22.3 Å². The molecule has 0 aliphatic rings. The van der Waals surface area contributed by atoms with Gasteiger partial charge in [0.05, 0.1) is 10.2 Å². The molecule has 0 N–H and O–H groups in total. The van der Waals surface area contributed by atoms with Gasteiger partial charge in [-0.05, 0) is 0 Å². The predicted octanol–water partition coefficient (Wildman–Crippen LogP) is 2.49. The van der Waals surface area contributed by atoms with Gasteiger partial charge in [0.15, 0.2) is 0 Å². The molecule has 12 heavy (non-hydrogen) atoms. The summed E-state index contributed by atoms with van der Waals surface area (Å²) in [6.45, 7) is 7.19. The van der Waals surface area contributed by atoms with E-state index in [0.29, 0.717) is 0 Å². The minimum Gasteiger partial charge on any atom is -0.258 e. The molecule has 0 aromatic heterocycles. The van der Waals surface area contributed by atoms with Gasteiger partial charge in [-0.15, -0.1) is 36.7 Å². The monoisotopic (exact) mass is 222 g/mol. The van der Waals surface area contributed by atoms with Crippen molar-refractivity contribution in [1.82, 2.24) is 0 Å². The van der Waals surface area contributed by atoms with Crippen molar-refractivity contribution in [1.29, 1.82) is 0 Å². The molecule has 70 valence electrons. The Bertz CT molecular complexity index is 140. The van der Waals surface area contributed by atoms with E-state index in [1.165, 1.54) is 0 Å². The van der Waals surface area contributed by atoms with Crippen LogP contribution in [0.25, 0.3) is 0 Å². The van der Waals surface area contributed by atoms with Gasteiger partial charge in [-0.1, -0.05) is 12.2 Å². The van der Waals surface area contributed by atoms with Gasteiger partial charge in [-0.3, -0.25) is 4.21 Å². The Kier molecular flexibility index (Phi) is 9.68. The maximum absolute atomic E-state index is 11.2. The molecule has 0 bridgehead atoms. The zero-order valence-electron chi connectivity index (χ0n) is 7.03. The third-order valence-corrected chi connectivity index (χ3v) is 5.28. The highest BCUT2D eigenvalue weighted by Gasteiger charge is 1.97. The van der Waals surface area contributed by atoms with Crippen LogP contribution in [0.1, 0.15) is 0 Å². The molecule has 0 spiro atoms. The summed E-state index contributed by atoms with van der Waals surface area (Å²) in [5.74, 6) is 1.77. The van der Waals surface area contributed by atoms with Crippen LogP contribution >= 0.6 is 23.5 Å². The largest absolute Gasteiger partial charge is 0.258 e. The van der Waals surface area contributed by atoms with Crippen molar-refractivity contribution in [2.45, 2.75) is 0 Å². The molecule has 0 amide bonds. The third kappa shape index (κ3) is 8.43. The highest BCUT2D eigenvalue weighted by atomic mass is 32.3. The molecule has 0 aliphatic heterocycles. The number of rotatable bonds is 8. The summed E-state index contributed by atoms with van der Waals surface area (Å²) in [6.07, 6.45) is 3.66. The van der Waals surface area contributed by atoms with Crippen molar-refractivity contribution in [2.24, 2.45) is 0 Å². The van der Waals surface area contributed by atoms with Gasteiger partial charge >= 0.3 is 0 Å². The van der Waals surface area contributed by atoms with E-state index in [-0.39, 0.29) is 0 Å². The Morgan fingerprint density at radius 1 is 1.08 bits per heavy atom. The summed E-state index contributed by atoms with van der Waals surface area (Å²) < 4.78 is 11.2. The van der Waals surface area contributed by atoms with E-state index in [9.17, 15) is 4.21 Å². The molecule has 0 heterocycles. The lowest BCUT2D eigenvalue weighted by atomic mass is 10.8. The number of hydrogen-bond acceptors (Lipinski definition) is 3. The molecule has 0 rings (SSSR count). The van der Waals surface area contributed by atoms with E-state index >= 15 is 0 Å². The number of thioether (sulfide) groups is 2. The second-order valence-corrected chi connectivity index (χ2v) is 6.24. The summed E-state index contributed by atoms with van der Waals surface area (Å²) in [4.78, 5) is 0. The van der Waals surface area contributed by atoms with Crippen LogP contribution in [0, 0.1) is 0 Å². The normalized spacial score (nSPS) is 10.1. The standard InChI is InChI=1S/C8H14OS3/c1-3-5-10-7-12(9)8-11-6-4-2/h3-4H,1-2,5-8H2. The smallest absolute Gasteiger partial charge is 0.0703 e. The molecule has 0 fully saturated rings. The minimum atomic E-state index is -0.693. The van der Waals surface area contributed by atoms with Crippen LogP contribution < -0.4 is 0 Å². The predicted molar refractivity (Wildman–Crippen MR) is 63.2 cm³/mol. The van der Waals surface area contributed by atoms with Crippen LogP contribution in [0.2, 0.25) is 0 Å². The first-order chi connectivity index (χ1) is 5.81. The van der Waals surface area contributed by atoms with Gasteiger partial charge in [0.2, 0.25) is 0 Å². The molecule has 0 atom stereocenters. The van der Waals surface area contributed by atoms with E-state index in [2.05, 4.69) is 13.2 Å². The Morgan fingerprint density at radius 3 is 1.83 bits per heavy atom. The fourth-order valence-corrected chi connectivity index (χ4v) is 3.96. The molecule has 0 aliphatic carbocycles. The lowest BCUT2D eigenvalue weighted by Gasteiger charge is -1.98. The molecule has 0 saturated carbocycles. The molecular weight excluding hydrogens is 208 g/mol. The highest BCUT2D eigenvalue weighted by molar-refractivity contribution is 8.16. The lowest BCUT2D eigenvalue weighted by Crippen LogP contribution is -1.96. The van der Waals surface area contributed by atoms with Crippen molar-refractivity contribution in [2.75, 3.05) is 21.7 Å². The average Bonchev–Trinajstić information content (AvgIpc) is 2.06. The first kappa shape index (κ1) is 12.3. The minimum absolute atomic E-state index is 0.693. The summed E-state index contributed by atoms with van der Waals surface area (Å²) >= 11 is 3.32. The van der Waals surface area contributed by atoms with Crippen molar-refractivity contribution in [3.63, 3.8) is 0 Å². The Balaban J connectivity index is 3.21. The van der Waals surface area contributed by atoms with Crippen LogP contribution in [0.4, 0.5) is 0 Å². The molecular formula is C8H14OS3. The van der Waals surface area contributed by atoms with Crippen LogP contribution in [0.15, 0.2) is 25.3 Å². The van der Waals surface area contributed by atoms with Crippen LogP contribution in [0.5, 0.6) is 0 Å². The van der Waals surface area contributed by atoms with Crippen molar-refractivity contribution in [3.05, 3.63) is 25.3 Å². The second kappa shape index (κ2) is 9.42. The Morgan fingerprint density at radius 2 is 1.50 bits per heavy atom. The van der Waals surface area contributed by atoms with E-state index in [1.54, 1.807) is 23.5 Å². The van der Waals surface area contributed by atoms with Crippen LogP contribution in [-0.4, -0.2) is 25.9 Å². The average molecular weight is 222 g/mol. The van der Waals surface area contributed by atoms with Crippen molar-refractivity contribution >= 4 is 34.3 Å². The maximum atomic E-state index is 11.2. The second-order valence-electron chi connectivity index (χ2n) is 1.99. The van der Waals surface area contributed by atoms with Crippen molar-refractivity contribution in [3.8, 4) is 0 Å². The summed E-state index contributed by atoms with van der Waals surface area (Å²) in [5, 5.41) is 1.44. The molecule has 0 aromatic carbocycles. The topological polar surface area (TPSA) is 17.1 Å². The van der Waals surface area contributed by atoms with E-state index in [0.717, 1.165) is 21.7 Å². The molecule has 0 radical (unpaired) electrons. The molecule has 0 unspecified atom stereocenters. The molecule has 0 saturated heterocycles. The fourth-order valence-electron chi connectivity index (χ4n) is 0.483. The molecule has 1 nitrogen and oxygen atoms in total. The van der Waals surface area contributed by atoms with Crippen molar-refractivity contribution < 1.29 is 4.21 Å². The quantitative estimate of drug-likeness (QED) is 0.464. The first-order valence-corrected chi connectivity index (χ1v) is 7.33. The zero-order valence-corrected chi connectivity index (χ0v) is 9.48. The first-order valence-electron chi connectivity index (χ1n) is 3.53. The van der Waals surface area contributed by atoms with E-state index in [1.807, 2.05) is 12.2 Å². The fraction of sp³-hybridized carbons (Fsp3) is 0.500. The molecule has 0 aromatic rings. The highest BCUT2D eigenvalue weighted by Crippen LogP contribution is 2.08. The van der Waals surface area contributed by atoms with E-state index in [4.69, 9.17) is 0 Å². The van der Waals surface area contributed by atoms with Gasteiger partial charge in [-0.25, -0.2) is 0 Å². The van der Waals surface area contributed by atoms with Crippen LogP contribution in [-0.2, 0) is 10.8 Å². The Hall–Kier alpha value is 0.330. The summed E-state index contributed by atoms with van der Waals surface area (Å²) in [5.41, 5.74) is 0. The lowest BCUT2D eigenvalue weighted by molar-refractivity contribution is 0.689. The number of hydrogen-bond donors (Lipinski definition) is 0. The van der Waals surface area contributed by atoms with Gasteiger partial charge in [0.1, 0.15) is 0 Å².